The average Bonchev–Trinajstić information content (AvgIpc) is 2.56. The second kappa shape index (κ2) is 10.8. The molecule has 24 heavy (non-hydrogen) atoms. The maximum Gasteiger partial charge on any atom is 0.119 e. The molecule has 0 aromatic heterocycles. The van der Waals surface area contributed by atoms with E-state index in [9.17, 15) is 0 Å². The molecule has 1 saturated heterocycles. The van der Waals surface area contributed by atoms with Crippen molar-refractivity contribution in [1.29, 1.82) is 0 Å². The molecule has 136 valence electrons. The molecule has 1 aliphatic heterocycles. The van der Waals surface area contributed by atoms with Gasteiger partial charge in [0.15, 0.2) is 0 Å². The average molecular weight is 333 g/mol. The predicted molar refractivity (Wildman–Crippen MR) is 102 cm³/mol. The SMILES string of the molecule is CCC1(CCCCCCCCCCOc2ccc(C)cc2)COC1. The van der Waals surface area contributed by atoms with Gasteiger partial charge < -0.3 is 9.47 Å². The standard InChI is InChI=1S/C22H36O2/c1-3-22(18-23-19-22)16-10-8-6-4-5-7-9-11-17-24-21-14-12-20(2)13-15-21/h12-15H,3-11,16-19H2,1-2H3. The first kappa shape index (κ1) is 19.3. The van der Waals surface area contributed by atoms with E-state index in [1.54, 1.807) is 0 Å². The minimum atomic E-state index is 0.553. The van der Waals surface area contributed by atoms with Crippen molar-refractivity contribution in [1.82, 2.24) is 0 Å². The topological polar surface area (TPSA) is 18.5 Å². The normalized spacial score (nSPS) is 15.9. The summed E-state index contributed by atoms with van der Waals surface area (Å²) in [5.74, 6) is 1.00. The van der Waals surface area contributed by atoms with E-state index < -0.39 is 0 Å². The van der Waals surface area contributed by atoms with Crippen molar-refractivity contribution in [3.8, 4) is 5.75 Å². The van der Waals surface area contributed by atoms with E-state index in [0.717, 1.165) is 25.6 Å². The van der Waals surface area contributed by atoms with Crippen LogP contribution in [0.2, 0.25) is 0 Å². The molecule has 0 atom stereocenters. The molecule has 1 heterocycles. The fourth-order valence-electron chi connectivity index (χ4n) is 3.40. The summed E-state index contributed by atoms with van der Waals surface area (Å²) < 4.78 is 11.2. The zero-order valence-electron chi connectivity index (χ0n) is 15.8. The number of hydrogen-bond donors (Lipinski definition) is 0. The Hall–Kier alpha value is -1.02. The van der Waals surface area contributed by atoms with Crippen molar-refractivity contribution in [3.63, 3.8) is 0 Å². The van der Waals surface area contributed by atoms with Crippen LogP contribution in [0.3, 0.4) is 0 Å². The van der Waals surface area contributed by atoms with Crippen molar-refractivity contribution in [2.75, 3.05) is 19.8 Å². The van der Waals surface area contributed by atoms with Crippen molar-refractivity contribution in [2.45, 2.75) is 78.1 Å². The van der Waals surface area contributed by atoms with E-state index in [2.05, 4.69) is 38.1 Å². The number of unbranched alkanes of at least 4 members (excludes halogenated alkanes) is 7. The maximum absolute atomic E-state index is 5.77. The minimum absolute atomic E-state index is 0.553. The summed E-state index contributed by atoms with van der Waals surface area (Å²) in [7, 11) is 0. The van der Waals surface area contributed by atoms with Crippen LogP contribution in [0, 0.1) is 12.3 Å². The van der Waals surface area contributed by atoms with Crippen LogP contribution in [0.15, 0.2) is 24.3 Å². The zero-order valence-corrected chi connectivity index (χ0v) is 15.8. The highest BCUT2D eigenvalue weighted by atomic mass is 16.5. The highest BCUT2D eigenvalue weighted by Crippen LogP contribution is 2.36. The Morgan fingerprint density at radius 2 is 1.46 bits per heavy atom. The van der Waals surface area contributed by atoms with E-state index in [1.807, 2.05) is 0 Å². The van der Waals surface area contributed by atoms with Crippen LogP contribution in [-0.2, 0) is 4.74 Å². The smallest absolute Gasteiger partial charge is 0.119 e. The minimum Gasteiger partial charge on any atom is -0.494 e. The third-order valence-electron chi connectivity index (χ3n) is 5.46. The molecule has 2 heteroatoms. The van der Waals surface area contributed by atoms with Crippen molar-refractivity contribution >= 4 is 0 Å². The second-order valence-electron chi connectivity index (χ2n) is 7.59. The Bertz CT molecular complexity index is 428. The molecule has 0 aliphatic carbocycles. The van der Waals surface area contributed by atoms with Gasteiger partial charge in [-0.2, -0.15) is 0 Å². The molecule has 0 unspecified atom stereocenters. The molecule has 2 rings (SSSR count). The van der Waals surface area contributed by atoms with Gasteiger partial charge in [-0.1, -0.05) is 69.6 Å². The summed E-state index contributed by atoms with van der Waals surface area (Å²) >= 11 is 0. The molecule has 2 nitrogen and oxygen atoms in total. The van der Waals surface area contributed by atoms with Crippen LogP contribution < -0.4 is 4.74 Å². The molecule has 1 aliphatic rings. The van der Waals surface area contributed by atoms with Crippen molar-refractivity contribution in [3.05, 3.63) is 29.8 Å². The molecule has 1 aromatic rings. The highest BCUT2D eigenvalue weighted by Gasteiger charge is 2.35. The molecule has 1 fully saturated rings. The number of rotatable bonds is 13. The highest BCUT2D eigenvalue weighted by molar-refractivity contribution is 5.26. The molecule has 0 saturated carbocycles. The van der Waals surface area contributed by atoms with Crippen LogP contribution in [0.1, 0.15) is 76.7 Å². The lowest BCUT2D eigenvalue weighted by Gasteiger charge is -2.41. The third kappa shape index (κ3) is 6.84. The predicted octanol–water partition coefficient (Wildman–Crippen LogP) is 6.31. The van der Waals surface area contributed by atoms with Gasteiger partial charge in [-0.25, -0.2) is 0 Å². The molecule has 0 bridgehead atoms. The largest absolute Gasteiger partial charge is 0.494 e. The first-order valence-corrected chi connectivity index (χ1v) is 10.0. The van der Waals surface area contributed by atoms with Gasteiger partial charge in [-0.3, -0.25) is 0 Å². The van der Waals surface area contributed by atoms with Crippen LogP contribution >= 0.6 is 0 Å². The Labute approximate surface area is 148 Å². The molecule has 0 spiro atoms. The Kier molecular flexibility index (Phi) is 8.66. The van der Waals surface area contributed by atoms with Gasteiger partial charge >= 0.3 is 0 Å². The van der Waals surface area contributed by atoms with Gasteiger partial charge in [-0.15, -0.1) is 0 Å². The van der Waals surface area contributed by atoms with Crippen LogP contribution in [0.25, 0.3) is 0 Å². The third-order valence-corrected chi connectivity index (χ3v) is 5.46. The molecular formula is C22H36O2. The number of ether oxygens (including phenoxy) is 2. The number of benzene rings is 1. The first-order chi connectivity index (χ1) is 11.7. The van der Waals surface area contributed by atoms with E-state index in [1.165, 1.54) is 69.8 Å². The monoisotopic (exact) mass is 332 g/mol. The number of hydrogen-bond acceptors (Lipinski definition) is 2. The summed E-state index contributed by atoms with van der Waals surface area (Å²) in [6.07, 6.45) is 13.5. The van der Waals surface area contributed by atoms with E-state index in [0.29, 0.717) is 5.41 Å². The molecule has 0 amide bonds. The first-order valence-electron chi connectivity index (χ1n) is 10.0. The lowest BCUT2D eigenvalue weighted by molar-refractivity contribution is -0.120. The molecule has 0 radical (unpaired) electrons. The molecular weight excluding hydrogens is 296 g/mol. The zero-order chi connectivity index (χ0) is 17.1. The van der Waals surface area contributed by atoms with E-state index in [-0.39, 0.29) is 0 Å². The van der Waals surface area contributed by atoms with Gasteiger partial charge in [0, 0.05) is 5.41 Å². The Morgan fingerprint density at radius 3 is 2.00 bits per heavy atom. The fraction of sp³-hybridized carbons (Fsp3) is 0.727. The quantitative estimate of drug-likeness (QED) is 0.394. The molecule has 1 aromatic carbocycles. The van der Waals surface area contributed by atoms with Gasteiger partial charge in [0.05, 0.1) is 19.8 Å². The van der Waals surface area contributed by atoms with Gasteiger partial charge in [0.2, 0.25) is 0 Å². The Balaban J connectivity index is 1.35. The summed E-state index contributed by atoms with van der Waals surface area (Å²) in [4.78, 5) is 0. The number of aryl methyl sites for hydroxylation is 1. The van der Waals surface area contributed by atoms with E-state index >= 15 is 0 Å². The summed E-state index contributed by atoms with van der Waals surface area (Å²) in [6.45, 7) is 7.28. The molecule has 0 N–H and O–H groups in total. The lowest BCUT2D eigenvalue weighted by Crippen LogP contribution is -2.41. The summed E-state index contributed by atoms with van der Waals surface area (Å²) in [5, 5.41) is 0. The van der Waals surface area contributed by atoms with Gasteiger partial charge in [0.25, 0.3) is 0 Å². The van der Waals surface area contributed by atoms with E-state index in [4.69, 9.17) is 9.47 Å². The maximum atomic E-state index is 5.77. The van der Waals surface area contributed by atoms with Crippen molar-refractivity contribution in [2.24, 2.45) is 5.41 Å². The second-order valence-corrected chi connectivity index (χ2v) is 7.59. The lowest BCUT2D eigenvalue weighted by atomic mass is 9.78. The van der Waals surface area contributed by atoms with Gasteiger partial charge in [0.1, 0.15) is 5.75 Å². The summed E-state index contributed by atoms with van der Waals surface area (Å²) in [6, 6.07) is 8.34. The van der Waals surface area contributed by atoms with Crippen LogP contribution in [0.5, 0.6) is 5.75 Å². The van der Waals surface area contributed by atoms with Gasteiger partial charge in [-0.05, 0) is 38.3 Å². The summed E-state index contributed by atoms with van der Waals surface area (Å²) in [5.41, 5.74) is 1.84. The van der Waals surface area contributed by atoms with Crippen LogP contribution in [0.4, 0.5) is 0 Å². The fourth-order valence-corrected chi connectivity index (χ4v) is 3.40. The van der Waals surface area contributed by atoms with Crippen LogP contribution in [-0.4, -0.2) is 19.8 Å². The Morgan fingerprint density at radius 1 is 0.875 bits per heavy atom. The van der Waals surface area contributed by atoms with Crippen molar-refractivity contribution < 1.29 is 9.47 Å².